The Balaban J connectivity index is 0.00000288. The molecule has 1 N–H and O–H groups in total. The smallest absolute Gasteiger partial charge is 0.0360 e. The van der Waals surface area contributed by atoms with Gasteiger partial charge >= 0.3 is 0 Å². The number of piperazine rings is 1. The number of halogens is 2. The molecule has 25 heavy (non-hydrogen) atoms. The summed E-state index contributed by atoms with van der Waals surface area (Å²) >= 11 is 2.02. The molecule has 1 aliphatic rings. The number of nitrogens with zero attached hydrogens (tertiary/aromatic N) is 1. The van der Waals surface area contributed by atoms with Gasteiger partial charge < -0.3 is 5.32 Å². The molecular weight excluding hydrogens is 371 g/mol. The van der Waals surface area contributed by atoms with Crippen molar-refractivity contribution >= 4 is 36.6 Å². The van der Waals surface area contributed by atoms with Crippen molar-refractivity contribution in [3.63, 3.8) is 0 Å². The van der Waals surface area contributed by atoms with Crippen LogP contribution < -0.4 is 5.32 Å². The highest BCUT2D eigenvalue weighted by Gasteiger charge is 2.25. The molecule has 1 heterocycles. The lowest BCUT2D eigenvalue weighted by molar-refractivity contribution is 0.161. The average Bonchev–Trinajstić information content (AvgIpc) is 2.52. The van der Waals surface area contributed by atoms with Gasteiger partial charge in [-0.05, 0) is 18.1 Å². The van der Waals surface area contributed by atoms with Crippen molar-refractivity contribution in [3.8, 4) is 0 Å². The van der Waals surface area contributed by atoms with Crippen molar-refractivity contribution in [2.24, 2.45) is 0 Å². The predicted molar refractivity (Wildman–Crippen MR) is 118 cm³/mol. The minimum absolute atomic E-state index is 0. The molecule has 0 aromatic heterocycles. The van der Waals surface area contributed by atoms with Gasteiger partial charge in [0, 0.05) is 41.9 Å². The molecule has 0 aliphatic carbocycles. The summed E-state index contributed by atoms with van der Waals surface area (Å²) in [5.74, 6) is 0. The van der Waals surface area contributed by atoms with Crippen molar-refractivity contribution in [1.82, 2.24) is 10.2 Å². The van der Waals surface area contributed by atoms with Crippen LogP contribution in [0.25, 0.3) is 0 Å². The topological polar surface area (TPSA) is 15.3 Å². The third-order valence-electron chi connectivity index (χ3n) is 4.37. The van der Waals surface area contributed by atoms with Gasteiger partial charge in [-0.3, -0.25) is 4.90 Å². The van der Waals surface area contributed by atoms with E-state index in [1.807, 2.05) is 11.8 Å². The van der Waals surface area contributed by atoms with E-state index in [1.54, 1.807) is 5.56 Å². The zero-order chi connectivity index (χ0) is 16.7. The Morgan fingerprint density at radius 3 is 2.32 bits per heavy atom. The van der Waals surface area contributed by atoms with E-state index in [4.69, 9.17) is 0 Å². The molecule has 1 aromatic carbocycles. The maximum absolute atomic E-state index is 3.49. The Hall–Kier alpha value is 0.0700. The summed E-state index contributed by atoms with van der Waals surface area (Å²) in [6.07, 6.45) is 5.26. The second-order valence-corrected chi connectivity index (χ2v) is 9.42. The Bertz CT molecular complexity index is 471. The fourth-order valence-electron chi connectivity index (χ4n) is 3.29. The van der Waals surface area contributed by atoms with Gasteiger partial charge in [0.25, 0.3) is 0 Å². The van der Waals surface area contributed by atoms with E-state index in [0.29, 0.717) is 6.04 Å². The highest BCUT2D eigenvalue weighted by Crippen LogP contribution is 2.39. The molecule has 2 nitrogen and oxygen atoms in total. The van der Waals surface area contributed by atoms with Crippen LogP contribution in [0.3, 0.4) is 0 Å². The second-order valence-electron chi connectivity index (χ2n) is 7.55. The standard InChI is InChI=1S/C20H34N2S.2ClH/c1-5-6-7-11-18(22-15-13-21-14-16-22)17-10-8-9-12-19(17)23-20(2,3)4;;/h8-10,12,18,21H,5-7,11,13-16H2,1-4H3;2*1H/t18-;;/m1../s1. The molecule has 1 aliphatic heterocycles. The summed E-state index contributed by atoms with van der Waals surface area (Å²) in [6, 6.07) is 9.68. The van der Waals surface area contributed by atoms with Crippen LogP contribution >= 0.6 is 36.6 Å². The summed E-state index contributed by atoms with van der Waals surface area (Å²) in [5.41, 5.74) is 1.55. The van der Waals surface area contributed by atoms with Gasteiger partial charge in [0.2, 0.25) is 0 Å². The first-order valence-electron chi connectivity index (χ1n) is 9.24. The number of rotatable bonds is 7. The normalized spacial score (nSPS) is 16.6. The van der Waals surface area contributed by atoms with Gasteiger partial charge in [-0.25, -0.2) is 0 Å². The zero-order valence-corrected chi connectivity index (χ0v) is 18.7. The summed E-state index contributed by atoms with van der Waals surface area (Å²) in [4.78, 5) is 4.17. The molecular formula is C20H36Cl2N2S. The zero-order valence-electron chi connectivity index (χ0n) is 16.2. The number of hydrogen-bond donors (Lipinski definition) is 1. The summed E-state index contributed by atoms with van der Waals surface area (Å²) in [5, 5.41) is 3.49. The molecule has 0 amide bonds. The minimum Gasteiger partial charge on any atom is -0.314 e. The van der Waals surface area contributed by atoms with Crippen LogP contribution in [0.15, 0.2) is 29.2 Å². The molecule has 0 radical (unpaired) electrons. The first-order valence-corrected chi connectivity index (χ1v) is 10.1. The lowest BCUT2D eigenvalue weighted by atomic mass is 9.98. The van der Waals surface area contributed by atoms with Gasteiger partial charge in [0.15, 0.2) is 0 Å². The van der Waals surface area contributed by atoms with Crippen molar-refractivity contribution in [1.29, 1.82) is 0 Å². The van der Waals surface area contributed by atoms with Crippen molar-refractivity contribution < 1.29 is 0 Å². The third-order valence-corrected chi connectivity index (χ3v) is 5.57. The second kappa shape index (κ2) is 12.5. The van der Waals surface area contributed by atoms with Crippen LogP contribution in [0.1, 0.15) is 65.0 Å². The highest BCUT2D eigenvalue weighted by molar-refractivity contribution is 8.00. The monoisotopic (exact) mass is 406 g/mol. The molecule has 0 unspecified atom stereocenters. The lowest BCUT2D eigenvalue weighted by Crippen LogP contribution is -2.45. The molecule has 1 atom stereocenters. The van der Waals surface area contributed by atoms with E-state index in [2.05, 4.69) is 62.2 Å². The largest absolute Gasteiger partial charge is 0.314 e. The quantitative estimate of drug-likeness (QED) is 0.444. The van der Waals surface area contributed by atoms with E-state index in [-0.39, 0.29) is 29.6 Å². The maximum Gasteiger partial charge on any atom is 0.0360 e. The summed E-state index contributed by atoms with van der Waals surface area (Å²) in [7, 11) is 0. The van der Waals surface area contributed by atoms with E-state index in [9.17, 15) is 0 Å². The first-order chi connectivity index (χ1) is 11.0. The molecule has 1 aromatic rings. The lowest BCUT2D eigenvalue weighted by Gasteiger charge is -2.36. The third kappa shape index (κ3) is 8.53. The Labute approximate surface area is 171 Å². The molecule has 0 bridgehead atoms. The van der Waals surface area contributed by atoms with Crippen molar-refractivity contribution in [3.05, 3.63) is 29.8 Å². The van der Waals surface area contributed by atoms with Crippen LogP contribution in [-0.2, 0) is 0 Å². The first kappa shape index (κ1) is 25.1. The van der Waals surface area contributed by atoms with Gasteiger partial charge in [0.05, 0.1) is 0 Å². The summed E-state index contributed by atoms with van der Waals surface area (Å²) in [6.45, 7) is 13.8. The minimum atomic E-state index is 0. The van der Waals surface area contributed by atoms with Crippen LogP contribution in [0.4, 0.5) is 0 Å². The number of nitrogens with one attached hydrogen (secondary N) is 1. The molecule has 146 valence electrons. The number of unbranched alkanes of at least 4 members (excludes halogenated alkanes) is 2. The number of hydrogen-bond acceptors (Lipinski definition) is 3. The molecule has 1 saturated heterocycles. The van der Waals surface area contributed by atoms with Crippen molar-refractivity contribution in [2.75, 3.05) is 26.2 Å². The van der Waals surface area contributed by atoms with Gasteiger partial charge in [-0.1, -0.05) is 65.2 Å². The van der Waals surface area contributed by atoms with Crippen molar-refractivity contribution in [2.45, 2.75) is 69.1 Å². The van der Waals surface area contributed by atoms with Crippen LogP contribution in [0.5, 0.6) is 0 Å². The number of benzene rings is 1. The Morgan fingerprint density at radius 1 is 1.08 bits per heavy atom. The molecule has 1 fully saturated rings. The van der Waals surface area contributed by atoms with Gasteiger partial charge in [-0.15, -0.1) is 36.6 Å². The van der Waals surface area contributed by atoms with Crippen LogP contribution in [0.2, 0.25) is 0 Å². The van der Waals surface area contributed by atoms with E-state index in [0.717, 1.165) is 13.1 Å². The fraction of sp³-hybridized carbons (Fsp3) is 0.700. The molecule has 0 spiro atoms. The number of thioether (sulfide) groups is 1. The van der Waals surface area contributed by atoms with E-state index >= 15 is 0 Å². The van der Waals surface area contributed by atoms with Gasteiger partial charge in [0.1, 0.15) is 0 Å². The molecule has 2 rings (SSSR count). The van der Waals surface area contributed by atoms with Crippen LogP contribution in [0, 0.1) is 0 Å². The molecule has 5 heteroatoms. The Kier molecular flexibility index (Phi) is 12.5. The van der Waals surface area contributed by atoms with E-state index < -0.39 is 0 Å². The Morgan fingerprint density at radius 2 is 1.72 bits per heavy atom. The maximum atomic E-state index is 3.49. The van der Waals surface area contributed by atoms with E-state index in [1.165, 1.54) is 43.7 Å². The SMILES string of the molecule is CCCCC[C@H](c1ccccc1SC(C)(C)C)N1CCNCC1.Cl.Cl. The fourth-order valence-corrected chi connectivity index (χ4v) is 4.42. The van der Waals surface area contributed by atoms with Gasteiger partial charge in [-0.2, -0.15) is 0 Å². The molecule has 0 saturated carbocycles. The van der Waals surface area contributed by atoms with Crippen LogP contribution in [-0.4, -0.2) is 35.8 Å². The summed E-state index contributed by atoms with van der Waals surface area (Å²) < 4.78 is 0.257. The average molecular weight is 407 g/mol. The predicted octanol–water partition coefficient (Wildman–Crippen LogP) is 5.95. The highest BCUT2D eigenvalue weighted by atomic mass is 35.5.